The van der Waals surface area contributed by atoms with Crippen molar-refractivity contribution in [1.82, 2.24) is 14.7 Å². The Bertz CT molecular complexity index is 716. The van der Waals surface area contributed by atoms with E-state index in [0.717, 1.165) is 6.26 Å². The minimum atomic E-state index is -4.65. The van der Waals surface area contributed by atoms with Crippen molar-refractivity contribution in [3.05, 3.63) is 22.8 Å². The Morgan fingerprint density at radius 3 is 2.50 bits per heavy atom. The molecule has 0 saturated heterocycles. The number of sulfonamides is 1. The summed E-state index contributed by atoms with van der Waals surface area (Å²) in [6.45, 7) is 1.37. The topological polar surface area (TPSA) is 89.0 Å². The first-order valence-corrected chi connectivity index (χ1v) is 8.31. The molecule has 2 rings (SSSR count). The number of alkyl halides is 3. The summed E-state index contributed by atoms with van der Waals surface area (Å²) in [4.78, 5) is 19.3. The van der Waals surface area contributed by atoms with Gasteiger partial charge in [0.1, 0.15) is 5.82 Å². The second-order valence-electron chi connectivity index (χ2n) is 5.22. The fourth-order valence-electron chi connectivity index (χ4n) is 2.46. The van der Waals surface area contributed by atoms with Crippen molar-refractivity contribution in [2.45, 2.75) is 32.4 Å². The van der Waals surface area contributed by atoms with Crippen LogP contribution in [0.1, 0.15) is 29.2 Å². The average Bonchev–Trinajstić information content (AvgIpc) is 2.34. The van der Waals surface area contributed by atoms with Crippen LogP contribution in [0, 0.1) is 12.8 Å². The molecule has 10 heteroatoms. The average molecular weight is 337 g/mol. The first-order valence-electron chi connectivity index (χ1n) is 6.42. The molecule has 0 aliphatic heterocycles. The van der Waals surface area contributed by atoms with Crippen molar-refractivity contribution in [2.24, 2.45) is 5.92 Å². The predicted molar refractivity (Wildman–Crippen MR) is 70.3 cm³/mol. The van der Waals surface area contributed by atoms with Gasteiger partial charge in [-0.15, -0.1) is 0 Å². The number of aromatic nitrogens is 2. The van der Waals surface area contributed by atoms with Gasteiger partial charge in [-0.2, -0.15) is 13.2 Å². The fraction of sp³-hybridized carbons (Fsp3) is 0.583. The Labute approximate surface area is 125 Å². The molecule has 1 aromatic heterocycles. The summed E-state index contributed by atoms with van der Waals surface area (Å²) >= 11 is 0. The molecule has 0 radical (unpaired) electrons. The molecule has 22 heavy (non-hydrogen) atoms. The third-order valence-corrected chi connectivity index (χ3v) is 3.88. The molecule has 1 heterocycles. The normalized spacial score (nSPS) is 18.7. The number of carbonyl (C=O) groups is 1. The van der Waals surface area contributed by atoms with E-state index in [4.69, 9.17) is 0 Å². The van der Waals surface area contributed by atoms with Gasteiger partial charge in [0.25, 0.3) is 0 Å². The standard InChI is InChI=1S/C12H14F3N3O3S/c1-6-16-9-4-3-7(11(19)18-22(2,20)21)5-8(9)10(17-6)12(13,14)15/h7H,3-5H2,1-2H3,(H,18,19). The number of halogens is 3. The summed E-state index contributed by atoms with van der Waals surface area (Å²) in [6.07, 6.45) is -3.65. The number of hydrogen-bond acceptors (Lipinski definition) is 5. The van der Waals surface area contributed by atoms with E-state index < -0.39 is 33.7 Å². The van der Waals surface area contributed by atoms with Crippen molar-refractivity contribution >= 4 is 15.9 Å². The van der Waals surface area contributed by atoms with Crippen molar-refractivity contribution in [2.75, 3.05) is 6.26 Å². The number of hydrogen-bond donors (Lipinski definition) is 1. The summed E-state index contributed by atoms with van der Waals surface area (Å²) in [6, 6.07) is 0. The van der Waals surface area contributed by atoms with E-state index in [0.29, 0.717) is 0 Å². The third-order valence-electron chi connectivity index (χ3n) is 3.31. The number of fused-ring (bicyclic) bond motifs is 1. The van der Waals surface area contributed by atoms with E-state index in [1.807, 2.05) is 0 Å². The van der Waals surface area contributed by atoms with E-state index in [1.165, 1.54) is 6.92 Å². The van der Waals surface area contributed by atoms with Crippen LogP contribution in [-0.4, -0.2) is 30.5 Å². The van der Waals surface area contributed by atoms with Crippen molar-refractivity contribution in [1.29, 1.82) is 0 Å². The zero-order valence-electron chi connectivity index (χ0n) is 11.9. The van der Waals surface area contributed by atoms with Crippen LogP contribution in [0.25, 0.3) is 0 Å². The fourth-order valence-corrected chi connectivity index (χ4v) is 2.99. The van der Waals surface area contributed by atoms with E-state index in [2.05, 4.69) is 9.97 Å². The van der Waals surface area contributed by atoms with Gasteiger partial charge in [0.05, 0.1) is 6.26 Å². The zero-order valence-corrected chi connectivity index (χ0v) is 12.7. The van der Waals surface area contributed by atoms with Crippen LogP contribution >= 0.6 is 0 Å². The first kappa shape index (κ1) is 16.7. The lowest BCUT2D eigenvalue weighted by Crippen LogP contribution is -2.38. The molecule has 0 fully saturated rings. The molecule has 1 aliphatic rings. The second-order valence-corrected chi connectivity index (χ2v) is 6.97. The highest BCUT2D eigenvalue weighted by molar-refractivity contribution is 7.89. The molecule has 0 aromatic carbocycles. The number of amides is 1. The van der Waals surface area contributed by atoms with Gasteiger partial charge in [0, 0.05) is 17.2 Å². The molecule has 0 spiro atoms. The molecular weight excluding hydrogens is 323 g/mol. The number of aryl methyl sites for hydroxylation is 2. The number of nitrogens with zero attached hydrogens (tertiary/aromatic N) is 2. The molecule has 1 N–H and O–H groups in total. The van der Waals surface area contributed by atoms with Crippen LogP contribution in [0.15, 0.2) is 0 Å². The van der Waals surface area contributed by atoms with Gasteiger partial charge in [-0.1, -0.05) is 0 Å². The largest absolute Gasteiger partial charge is 0.433 e. The van der Waals surface area contributed by atoms with Crippen molar-refractivity contribution in [3.63, 3.8) is 0 Å². The Morgan fingerprint density at radius 2 is 1.95 bits per heavy atom. The molecule has 1 atom stereocenters. The molecule has 0 bridgehead atoms. The maximum Gasteiger partial charge on any atom is 0.433 e. The van der Waals surface area contributed by atoms with Gasteiger partial charge < -0.3 is 0 Å². The van der Waals surface area contributed by atoms with E-state index in [-0.39, 0.29) is 36.3 Å². The highest BCUT2D eigenvalue weighted by Gasteiger charge is 2.40. The molecule has 1 amide bonds. The first-order chi connectivity index (χ1) is 9.97. The molecule has 1 aromatic rings. The Morgan fingerprint density at radius 1 is 1.32 bits per heavy atom. The van der Waals surface area contributed by atoms with Crippen LogP contribution in [0.2, 0.25) is 0 Å². The second kappa shape index (κ2) is 5.49. The van der Waals surface area contributed by atoms with Crippen LogP contribution in [0.3, 0.4) is 0 Å². The lowest BCUT2D eigenvalue weighted by molar-refractivity contribution is -0.142. The third kappa shape index (κ3) is 3.73. The van der Waals surface area contributed by atoms with Crippen LogP contribution in [0.5, 0.6) is 0 Å². The maximum absolute atomic E-state index is 13.1. The molecule has 0 saturated carbocycles. The molecule has 122 valence electrons. The lowest BCUT2D eigenvalue weighted by atomic mass is 9.85. The van der Waals surface area contributed by atoms with Gasteiger partial charge in [-0.05, 0) is 26.2 Å². The summed E-state index contributed by atoms with van der Waals surface area (Å²) in [5.41, 5.74) is -0.909. The SMILES string of the molecule is Cc1nc2c(c(C(F)(F)F)n1)CC(C(=O)NS(C)(=O)=O)CC2. The smallest absolute Gasteiger partial charge is 0.274 e. The van der Waals surface area contributed by atoms with Gasteiger partial charge in [-0.3, -0.25) is 9.52 Å². The molecule has 6 nitrogen and oxygen atoms in total. The predicted octanol–water partition coefficient (Wildman–Crippen LogP) is 0.985. The number of rotatable bonds is 2. The summed E-state index contributed by atoms with van der Waals surface area (Å²) in [5, 5.41) is 0. The number of nitrogens with one attached hydrogen (secondary N) is 1. The zero-order chi connectivity index (χ0) is 16.7. The van der Waals surface area contributed by atoms with Crippen molar-refractivity contribution < 1.29 is 26.4 Å². The van der Waals surface area contributed by atoms with E-state index in [9.17, 15) is 26.4 Å². The molecule has 1 aliphatic carbocycles. The highest BCUT2D eigenvalue weighted by Crippen LogP contribution is 2.35. The maximum atomic E-state index is 13.1. The van der Waals surface area contributed by atoms with Crippen LogP contribution in [-0.2, 0) is 33.8 Å². The lowest BCUT2D eigenvalue weighted by Gasteiger charge is -2.25. The minimum Gasteiger partial charge on any atom is -0.274 e. The van der Waals surface area contributed by atoms with Gasteiger partial charge in [0.2, 0.25) is 15.9 Å². The number of carbonyl (C=O) groups excluding carboxylic acids is 1. The molecular formula is C12H14F3N3O3S. The summed E-state index contributed by atoms with van der Waals surface area (Å²) in [7, 11) is -3.75. The quantitative estimate of drug-likeness (QED) is 0.869. The van der Waals surface area contributed by atoms with Gasteiger partial charge >= 0.3 is 6.18 Å². The van der Waals surface area contributed by atoms with Crippen molar-refractivity contribution in [3.8, 4) is 0 Å². The van der Waals surface area contributed by atoms with E-state index >= 15 is 0 Å². The Balaban J connectivity index is 2.35. The Hall–Kier alpha value is -1.71. The van der Waals surface area contributed by atoms with E-state index in [1.54, 1.807) is 4.72 Å². The van der Waals surface area contributed by atoms with Gasteiger partial charge in [0.15, 0.2) is 5.69 Å². The monoisotopic (exact) mass is 337 g/mol. The molecule has 1 unspecified atom stereocenters. The highest BCUT2D eigenvalue weighted by atomic mass is 32.2. The van der Waals surface area contributed by atoms with Crippen LogP contribution < -0.4 is 4.72 Å². The van der Waals surface area contributed by atoms with Crippen LogP contribution in [0.4, 0.5) is 13.2 Å². The summed E-state index contributed by atoms with van der Waals surface area (Å²) in [5.74, 6) is -1.64. The minimum absolute atomic E-state index is 0.0186. The Kier molecular flexibility index (Phi) is 4.16. The summed E-state index contributed by atoms with van der Waals surface area (Å²) < 4.78 is 63.1. The van der Waals surface area contributed by atoms with Gasteiger partial charge in [-0.25, -0.2) is 18.4 Å².